The van der Waals surface area contributed by atoms with E-state index in [1.54, 1.807) is 0 Å². The van der Waals surface area contributed by atoms with E-state index in [1.165, 1.54) is 0 Å². The van der Waals surface area contributed by atoms with Crippen molar-refractivity contribution in [3.05, 3.63) is 11.7 Å². The van der Waals surface area contributed by atoms with Crippen molar-refractivity contribution in [2.24, 2.45) is 11.3 Å². The quantitative estimate of drug-likeness (QED) is 0.858. The maximum absolute atomic E-state index is 11.4. The minimum atomic E-state index is -0.698. The smallest absolute Gasteiger partial charge is 0.310 e. The SMILES string of the molecule is CCC1(C(=O)O)CCN(Cc2noc(CC(C)C)n2)C1. The molecule has 20 heavy (non-hydrogen) atoms. The first kappa shape index (κ1) is 15.0. The molecule has 2 rings (SSSR count). The largest absolute Gasteiger partial charge is 0.481 e. The van der Waals surface area contributed by atoms with Crippen molar-refractivity contribution in [1.82, 2.24) is 15.0 Å². The molecule has 0 saturated carbocycles. The van der Waals surface area contributed by atoms with E-state index in [9.17, 15) is 9.90 Å². The first-order valence-corrected chi connectivity index (χ1v) is 7.22. The summed E-state index contributed by atoms with van der Waals surface area (Å²) in [7, 11) is 0. The fraction of sp³-hybridized carbons (Fsp3) is 0.786. The Hall–Kier alpha value is -1.43. The van der Waals surface area contributed by atoms with Crippen molar-refractivity contribution in [3.63, 3.8) is 0 Å². The van der Waals surface area contributed by atoms with E-state index in [4.69, 9.17) is 4.52 Å². The van der Waals surface area contributed by atoms with Crippen LogP contribution in [0.5, 0.6) is 0 Å². The summed E-state index contributed by atoms with van der Waals surface area (Å²) in [5.74, 6) is 1.10. The monoisotopic (exact) mass is 281 g/mol. The van der Waals surface area contributed by atoms with Crippen LogP contribution in [0, 0.1) is 11.3 Å². The van der Waals surface area contributed by atoms with E-state index in [0.717, 1.165) is 13.0 Å². The van der Waals surface area contributed by atoms with Crippen LogP contribution in [0.2, 0.25) is 0 Å². The molecule has 0 aliphatic carbocycles. The van der Waals surface area contributed by atoms with Crippen molar-refractivity contribution >= 4 is 5.97 Å². The second-order valence-corrected chi connectivity index (χ2v) is 6.10. The number of aliphatic carboxylic acids is 1. The molecule has 6 heteroatoms. The molecule has 1 N–H and O–H groups in total. The predicted molar refractivity (Wildman–Crippen MR) is 73.1 cm³/mol. The van der Waals surface area contributed by atoms with Gasteiger partial charge < -0.3 is 9.63 Å². The van der Waals surface area contributed by atoms with Crippen LogP contribution < -0.4 is 0 Å². The molecule has 0 amide bonds. The van der Waals surface area contributed by atoms with Crippen LogP contribution in [-0.4, -0.2) is 39.2 Å². The zero-order valence-electron chi connectivity index (χ0n) is 12.4. The van der Waals surface area contributed by atoms with Gasteiger partial charge in [0.25, 0.3) is 0 Å². The molecule has 1 fully saturated rings. The number of aromatic nitrogens is 2. The molecular weight excluding hydrogens is 258 g/mol. The van der Waals surface area contributed by atoms with E-state index in [-0.39, 0.29) is 0 Å². The molecule has 0 aromatic carbocycles. The van der Waals surface area contributed by atoms with Crippen molar-refractivity contribution in [1.29, 1.82) is 0 Å². The average molecular weight is 281 g/mol. The minimum absolute atomic E-state index is 0.481. The highest BCUT2D eigenvalue weighted by Gasteiger charge is 2.43. The lowest BCUT2D eigenvalue weighted by atomic mass is 9.84. The number of likely N-dealkylation sites (tertiary alicyclic amines) is 1. The highest BCUT2D eigenvalue weighted by atomic mass is 16.5. The van der Waals surface area contributed by atoms with Gasteiger partial charge in [-0.2, -0.15) is 4.98 Å². The van der Waals surface area contributed by atoms with Crippen LogP contribution in [0.25, 0.3) is 0 Å². The Labute approximate surface area is 119 Å². The van der Waals surface area contributed by atoms with Crippen molar-refractivity contribution in [2.75, 3.05) is 13.1 Å². The molecule has 112 valence electrons. The van der Waals surface area contributed by atoms with Gasteiger partial charge in [-0.15, -0.1) is 0 Å². The Morgan fingerprint density at radius 2 is 2.30 bits per heavy atom. The third-order valence-electron chi connectivity index (χ3n) is 4.02. The summed E-state index contributed by atoms with van der Waals surface area (Å²) in [6, 6.07) is 0. The maximum atomic E-state index is 11.4. The van der Waals surface area contributed by atoms with Gasteiger partial charge in [-0.25, -0.2) is 0 Å². The predicted octanol–water partition coefficient (Wildman–Crippen LogP) is 1.95. The first-order valence-electron chi connectivity index (χ1n) is 7.22. The fourth-order valence-electron chi connectivity index (χ4n) is 2.69. The number of nitrogens with zero attached hydrogens (tertiary/aromatic N) is 3. The number of carbonyl (C=O) groups is 1. The molecule has 0 spiro atoms. The fourth-order valence-corrected chi connectivity index (χ4v) is 2.69. The van der Waals surface area contributed by atoms with Gasteiger partial charge in [0.05, 0.1) is 12.0 Å². The third-order valence-corrected chi connectivity index (χ3v) is 4.02. The molecule has 0 bridgehead atoms. The molecular formula is C14H23N3O3. The molecule has 1 unspecified atom stereocenters. The third kappa shape index (κ3) is 3.17. The molecule has 0 radical (unpaired) electrons. The highest BCUT2D eigenvalue weighted by molar-refractivity contribution is 5.75. The minimum Gasteiger partial charge on any atom is -0.481 e. The van der Waals surface area contributed by atoms with Crippen LogP contribution in [0.3, 0.4) is 0 Å². The first-order chi connectivity index (χ1) is 9.45. The van der Waals surface area contributed by atoms with Gasteiger partial charge in [0.15, 0.2) is 5.82 Å². The van der Waals surface area contributed by atoms with Crippen molar-refractivity contribution in [3.8, 4) is 0 Å². The van der Waals surface area contributed by atoms with Gasteiger partial charge in [-0.1, -0.05) is 25.9 Å². The van der Waals surface area contributed by atoms with Gasteiger partial charge in [0.1, 0.15) is 0 Å². The standard InChI is InChI=1S/C14H23N3O3/c1-4-14(13(18)19)5-6-17(9-14)8-11-15-12(20-16-11)7-10(2)3/h10H,4-9H2,1-3H3,(H,18,19). The summed E-state index contributed by atoms with van der Waals surface area (Å²) in [5, 5.41) is 13.4. The van der Waals surface area contributed by atoms with E-state index in [1.807, 2.05) is 6.92 Å². The van der Waals surface area contributed by atoms with Gasteiger partial charge in [-0.3, -0.25) is 9.69 Å². The van der Waals surface area contributed by atoms with Crippen LogP contribution >= 0.6 is 0 Å². The number of carboxylic acids is 1. The summed E-state index contributed by atoms with van der Waals surface area (Å²) in [6.07, 6.45) is 2.13. The van der Waals surface area contributed by atoms with E-state index >= 15 is 0 Å². The molecule has 1 saturated heterocycles. The summed E-state index contributed by atoms with van der Waals surface area (Å²) in [5.41, 5.74) is -0.607. The van der Waals surface area contributed by atoms with E-state index < -0.39 is 11.4 Å². The second kappa shape index (κ2) is 5.91. The number of hydrogen-bond acceptors (Lipinski definition) is 5. The van der Waals surface area contributed by atoms with Crippen LogP contribution in [0.4, 0.5) is 0 Å². The van der Waals surface area contributed by atoms with E-state index in [2.05, 4.69) is 28.9 Å². The van der Waals surface area contributed by atoms with Gasteiger partial charge >= 0.3 is 5.97 Å². The lowest BCUT2D eigenvalue weighted by molar-refractivity contribution is -0.148. The molecule has 2 heterocycles. The summed E-state index contributed by atoms with van der Waals surface area (Å²) < 4.78 is 5.21. The average Bonchev–Trinajstić information content (AvgIpc) is 2.97. The molecule has 1 aliphatic heterocycles. The van der Waals surface area contributed by atoms with Gasteiger partial charge in [0.2, 0.25) is 5.89 Å². The zero-order valence-corrected chi connectivity index (χ0v) is 12.4. The highest BCUT2D eigenvalue weighted by Crippen LogP contribution is 2.34. The Balaban J connectivity index is 1.95. The van der Waals surface area contributed by atoms with Crippen LogP contribution in [0.15, 0.2) is 4.52 Å². The van der Waals surface area contributed by atoms with Gasteiger partial charge in [0, 0.05) is 13.0 Å². The van der Waals surface area contributed by atoms with Crippen LogP contribution in [0.1, 0.15) is 45.3 Å². The topological polar surface area (TPSA) is 79.5 Å². The zero-order chi connectivity index (χ0) is 14.8. The summed E-state index contributed by atoms with van der Waals surface area (Å²) >= 11 is 0. The van der Waals surface area contributed by atoms with Crippen molar-refractivity contribution in [2.45, 2.75) is 46.6 Å². The molecule has 1 aromatic rings. The molecule has 1 atom stereocenters. The maximum Gasteiger partial charge on any atom is 0.310 e. The Morgan fingerprint density at radius 3 is 2.85 bits per heavy atom. The number of hydrogen-bond donors (Lipinski definition) is 1. The Bertz CT molecular complexity index is 472. The lowest BCUT2D eigenvalue weighted by Crippen LogP contribution is -2.34. The normalized spacial score (nSPS) is 23.6. The molecule has 6 nitrogen and oxygen atoms in total. The van der Waals surface area contributed by atoms with E-state index in [0.29, 0.717) is 43.6 Å². The lowest BCUT2D eigenvalue weighted by Gasteiger charge is -2.22. The molecule has 1 aliphatic rings. The second-order valence-electron chi connectivity index (χ2n) is 6.10. The molecule has 1 aromatic heterocycles. The number of carboxylic acid groups (broad SMARTS) is 1. The number of rotatable bonds is 6. The van der Waals surface area contributed by atoms with Gasteiger partial charge in [-0.05, 0) is 25.3 Å². The Kier molecular flexibility index (Phi) is 4.42. The summed E-state index contributed by atoms with van der Waals surface area (Å²) in [6.45, 7) is 8.05. The van der Waals surface area contributed by atoms with Crippen LogP contribution in [-0.2, 0) is 17.8 Å². The summed E-state index contributed by atoms with van der Waals surface area (Å²) in [4.78, 5) is 17.9. The van der Waals surface area contributed by atoms with Crippen molar-refractivity contribution < 1.29 is 14.4 Å². The Morgan fingerprint density at radius 1 is 1.55 bits per heavy atom.